The van der Waals surface area contributed by atoms with Crippen LogP contribution in [0.5, 0.6) is 0 Å². The van der Waals surface area contributed by atoms with Crippen LogP contribution in [0, 0.1) is 0 Å². The van der Waals surface area contributed by atoms with Crippen molar-refractivity contribution >= 4 is 43.9 Å². The number of amides is 1. The van der Waals surface area contributed by atoms with Crippen molar-refractivity contribution in [3.05, 3.63) is 22.4 Å². The number of aliphatic carboxylic acids is 1. The Balaban J connectivity index is 1.90. The van der Waals surface area contributed by atoms with E-state index in [4.69, 9.17) is 5.11 Å². The number of carboxylic acids is 1. The Morgan fingerprint density at radius 2 is 2.16 bits per heavy atom. The van der Waals surface area contributed by atoms with Crippen LogP contribution in [-0.4, -0.2) is 45.7 Å². The minimum Gasteiger partial charge on any atom is -0.480 e. The minimum atomic E-state index is -1.07. The number of rotatable bonds is 2. The number of hydrogen-bond donors (Lipinski definition) is 2. The highest BCUT2D eigenvalue weighted by atomic mass is 32.1. The summed E-state index contributed by atoms with van der Waals surface area (Å²) in [6.45, 7) is 0.0847. The zero-order chi connectivity index (χ0) is 13.6. The van der Waals surface area contributed by atoms with E-state index in [9.17, 15) is 14.7 Å². The lowest BCUT2D eigenvalue weighted by Crippen LogP contribution is -2.40. The molecule has 0 radical (unpaired) electrons. The molecule has 1 aliphatic rings. The van der Waals surface area contributed by atoms with Crippen LogP contribution in [0.2, 0.25) is 0 Å². The van der Waals surface area contributed by atoms with E-state index in [1.54, 1.807) is 17.4 Å². The number of carbonyl (C=O) groups is 2. The Bertz CT molecular complexity index is 618. The van der Waals surface area contributed by atoms with Gasteiger partial charge in [-0.3, -0.25) is 4.79 Å². The molecule has 0 aliphatic carbocycles. The lowest BCUT2D eigenvalue weighted by Gasteiger charge is -2.20. The van der Waals surface area contributed by atoms with Crippen molar-refractivity contribution in [3.8, 4) is 0 Å². The summed E-state index contributed by atoms with van der Waals surface area (Å²) in [6, 6.07) is 2.80. The largest absolute Gasteiger partial charge is 0.480 e. The summed E-state index contributed by atoms with van der Waals surface area (Å²) < 4.78 is 2.06. The first kappa shape index (κ1) is 12.6. The molecule has 1 fully saturated rings. The van der Waals surface area contributed by atoms with Crippen LogP contribution in [-0.2, 0) is 4.79 Å². The van der Waals surface area contributed by atoms with Crippen molar-refractivity contribution in [3.63, 3.8) is 0 Å². The first-order chi connectivity index (χ1) is 9.06. The third-order valence-corrected chi connectivity index (χ3v) is 5.26. The number of hydrogen-bond acceptors (Lipinski definition) is 5. The molecule has 2 aromatic heterocycles. The lowest BCUT2D eigenvalue weighted by atomic mass is 10.2. The van der Waals surface area contributed by atoms with E-state index < -0.39 is 18.1 Å². The predicted octanol–water partition coefficient (Wildman–Crippen LogP) is 1.62. The Hall–Kier alpha value is -1.44. The molecule has 3 heterocycles. The number of carbonyl (C=O) groups excluding carboxylic acids is 1. The lowest BCUT2D eigenvalue weighted by molar-refractivity contribution is -0.141. The van der Waals surface area contributed by atoms with Gasteiger partial charge in [-0.1, -0.05) is 0 Å². The quantitative estimate of drug-likeness (QED) is 0.883. The average molecular weight is 297 g/mol. The number of thiophene rings is 2. The molecule has 3 rings (SSSR count). The van der Waals surface area contributed by atoms with Crippen molar-refractivity contribution in [1.82, 2.24) is 4.90 Å². The summed E-state index contributed by atoms with van der Waals surface area (Å²) in [4.78, 5) is 25.2. The van der Waals surface area contributed by atoms with Gasteiger partial charge in [0.2, 0.25) is 0 Å². The summed E-state index contributed by atoms with van der Waals surface area (Å²) >= 11 is 2.91. The van der Waals surface area contributed by atoms with Gasteiger partial charge in [0.1, 0.15) is 6.04 Å². The predicted molar refractivity (Wildman–Crippen MR) is 72.8 cm³/mol. The maximum atomic E-state index is 12.3. The first-order valence-electron chi connectivity index (χ1n) is 5.75. The van der Waals surface area contributed by atoms with Gasteiger partial charge in [-0.25, -0.2) is 4.79 Å². The fourth-order valence-electron chi connectivity index (χ4n) is 2.29. The zero-order valence-corrected chi connectivity index (χ0v) is 11.4. The van der Waals surface area contributed by atoms with Gasteiger partial charge in [-0.15, -0.1) is 22.7 Å². The molecule has 2 atom stereocenters. The molecule has 1 amide bonds. The smallest absolute Gasteiger partial charge is 0.326 e. The summed E-state index contributed by atoms with van der Waals surface area (Å²) in [5.41, 5.74) is 0. The van der Waals surface area contributed by atoms with Crippen LogP contribution in [0.25, 0.3) is 9.40 Å². The SMILES string of the molecule is O=C(O)[C@@H]1C[C@@H](O)CN1C(=O)c1cc2sccc2s1. The number of likely N-dealkylation sites (tertiary alicyclic amines) is 1. The third-order valence-electron chi connectivity index (χ3n) is 3.18. The molecular formula is C12H11NO4S2. The number of β-amino-alcohol motifs (C(OH)–C–C–N with tert-alkyl or cyclic N) is 1. The minimum absolute atomic E-state index is 0.0847. The van der Waals surface area contributed by atoms with Gasteiger partial charge in [0.05, 0.1) is 11.0 Å². The molecule has 19 heavy (non-hydrogen) atoms. The highest BCUT2D eigenvalue weighted by Gasteiger charge is 2.39. The maximum absolute atomic E-state index is 12.3. The second-order valence-electron chi connectivity index (χ2n) is 4.46. The van der Waals surface area contributed by atoms with Gasteiger partial charge in [0.25, 0.3) is 5.91 Å². The number of aliphatic hydroxyl groups is 1. The molecule has 0 bridgehead atoms. The fourth-order valence-corrected chi connectivity index (χ4v) is 4.35. The van der Waals surface area contributed by atoms with Gasteiger partial charge >= 0.3 is 5.97 Å². The maximum Gasteiger partial charge on any atom is 0.326 e. The number of aliphatic hydroxyl groups excluding tert-OH is 1. The molecule has 0 unspecified atom stereocenters. The Labute approximate surface area is 116 Å². The van der Waals surface area contributed by atoms with E-state index in [0.29, 0.717) is 4.88 Å². The van der Waals surface area contributed by atoms with Gasteiger partial charge < -0.3 is 15.1 Å². The second kappa shape index (κ2) is 4.59. The van der Waals surface area contributed by atoms with Gasteiger partial charge in [0, 0.05) is 22.4 Å². The Morgan fingerprint density at radius 1 is 1.37 bits per heavy atom. The summed E-state index contributed by atoms with van der Waals surface area (Å²) in [7, 11) is 0. The Morgan fingerprint density at radius 3 is 2.84 bits per heavy atom. The number of carboxylic acid groups (broad SMARTS) is 1. The normalized spacial score (nSPS) is 23.1. The van der Waals surface area contributed by atoms with Crippen LogP contribution < -0.4 is 0 Å². The van der Waals surface area contributed by atoms with Crippen molar-refractivity contribution in [2.24, 2.45) is 0 Å². The molecule has 5 nitrogen and oxygen atoms in total. The monoisotopic (exact) mass is 297 g/mol. The van der Waals surface area contributed by atoms with Crippen LogP contribution in [0.3, 0.4) is 0 Å². The zero-order valence-electron chi connectivity index (χ0n) is 9.78. The van der Waals surface area contributed by atoms with Crippen LogP contribution >= 0.6 is 22.7 Å². The highest BCUT2D eigenvalue weighted by Crippen LogP contribution is 2.32. The Kier molecular flexibility index (Phi) is 3.04. The van der Waals surface area contributed by atoms with E-state index in [1.807, 2.05) is 11.4 Å². The molecule has 7 heteroatoms. The molecule has 2 N–H and O–H groups in total. The summed E-state index contributed by atoms with van der Waals surface area (Å²) in [5, 5.41) is 20.6. The van der Waals surface area contributed by atoms with Gasteiger partial charge in [-0.05, 0) is 17.5 Å². The average Bonchev–Trinajstić information content (AvgIpc) is 2.99. The molecular weight excluding hydrogens is 286 g/mol. The molecule has 2 aromatic rings. The number of fused-ring (bicyclic) bond motifs is 1. The second-order valence-corrected chi connectivity index (χ2v) is 6.49. The van der Waals surface area contributed by atoms with Crippen LogP contribution in [0.15, 0.2) is 17.5 Å². The number of nitrogens with zero attached hydrogens (tertiary/aromatic N) is 1. The first-order valence-corrected chi connectivity index (χ1v) is 7.45. The summed E-state index contributed by atoms with van der Waals surface area (Å²) in [5.74, 6) is -1.37. The molecule has 0 aromatic carbocycles. The van der Waals surface area contributed by atoms with Crippen molar-refractivity contribution in [2.45, 2.75) is 18.6 Å². The molecule has 100 valence electrons. The molecule has 1 aliphatic heterocycles. The van der Waals surface area contributed by atoms with E-state index in [2.05, 4.69) is 0 Å². The van der Waals surface area contributed by atoms with E-state index >= 15 is 0 Å². The molecule has 0 saturated carbocycles. The third kappa shape index (κ3) is 2.13. The van der Waals surface area contributed by atoms with Gasteiger partial charge in [-0.2, -0.15) is 0 Å². The van der Waals surface area contributed by atoms with Crippen LogP contribution in [0.1, 0.15) is 16.1 Å². The van der Waals surface area contributed by atoms with E-state index in [1.165, 1.54) is 16.2 Å². The topological polar surface area (TPSA) is 77.8 Å². The van der Waals surface area contributed by atoms with Crippen molar-refractivity contribution in [1.29, 1.82) is 0 Å². The standard InChI is InChI=1S/C12H11NO4S2/c14-6-3-7(12(16)17)13(5-6)11(15)10-4-9-8(19-10)1-2-18-9/h1-2,4,6-7,14H,3,5H2,(H,16,17)/t6-,7+/m1/s1. The van der Waals surface area contributed by atoms with Crippen molar-refractivity contribution < 1.29 is 19.8 Å². The molecule has 0 spiro atoms. The fraction of sp³-hybridized carbons (Fsp3) is 0.333. The van der Waals surface area contributed by atoms with Crippen LogP contribution in [0.4, 0.5) is 0 Å². The molecule has 1 saturated heterocycles. The van der Waals surface area contributed by atoms with Crippen molar-refractivity contribution in [2.75, 3.05) is 6.54 Å². The van der Waals surface area contributed by atoms with Gasteiger partial charge in [0.15, 0.2) is 0 Å². The van der Waals surface area contributed by atoms with E-state index in [-0.39, 0.29) is 18.9 Å². The van der Waals surface area contributed by atoms with E-state index in [0.717, 1.165) is 9.40 Å². The highest BCUT2D eigenvalue weighted by molar-refractivity contribution is 7.27. The summed E-state index contributed by atoms with van der Waals surface area (Å²) in [6.07, 6.45) is -0.660.